The number of anilines is 1. The second kappa shape index (κ2) is 12.7. The standard InChI is InChI=1S/C33H25N2O2S.Na/c36-32-16-14-30(35(33-34-17-18-38-33)29-9-5-2-6-10-29)21-28(32)20-25-11-12-27-22-31(15-13-26(27)19-25)37-23-24-7-3-1-4-8-24;/h1,3-16,19-22H,17-18,23H2;/q-1;+1. The van der Waals surface area contributed by atoms with Crippen molar-refractivity contribution in [2.45, 2.75) is 6.61 Å². The van der Waals surface area contributed by atoms with Gasteiger partial charge in [-0.15, -0.1) is 12.1 Å². The van der Waals surface area contributed by atoms with E-state index >= 15 is 0 Å². The number of fused-ring (bicyclic) bond motifs is 1. The molecular formula is C33H25N2NaO2S. The summed E-state index contributed by atoms with van der Waals surface area (Å²) in [6.45, 7) is 1.33. The van der Waals surface area contributed by atoms with Gasteiger partial charge in [0.15, 0.2) is 11.0 Å². The number of amidine groups is 1. The molecule has 1 heterocycles. The summed E-state index contributed by atoms with van der Waals surface area (Å²) in [6.07, 6.45) is 7.41. The molecule has 0 atom stereocenters. The molecule has 0 spiro atoms. The molecule has 0 aromatic heterocycles. The van der Waals surface area contributed by atoms with E-state index in [4.69, 9.17) is 9.73 Å². The monoisotopic (exact) mass is 536 g/mol. The number of allylic oxidation sites excluding steroid dienone is 4. The van der Waals surface area contributed by atoms with Gasteiger partial charge in [0, 0.05) is 17.0 Å². The molecule has 4 aromatic rings. The van der Waals surface area contributed by atoms with Crippen LogP contribution in [0.3, 0.4) is 0 Å². The fourth-order valence-electron chi connectivity index (χ4n) is 4.49. The number of ketones is 1. The van der Waals surface area contributed by atoms with Crippen LogP contribution in [-0.4, -0.2) is 23.2 Å². The Morgan fingerprint density at radius 2 is 1.74 bits per heavy atom. The van der Waals surface area contributed by atoms with Crippen LogP contribution in [0.4, 0.5) is 5.69 Å². The summed E-state index contributed by atoms with van der Waals surface area (Å²) in [5.74, 6) is 1.78. The van der Waals surface area contributed by atoms with Crippen LogP contribution in [0.25, 0.3) is 16.8 Å². The Kier molecular flexibility index (Phi) is 8.84. The summed E-state index contributed by atoms with van der Waals surface area (Å²) in [7, 11) is 0. The average molecular weight is 537 g/mol. The molecule has 0 saturated carbocycles. The maximum Gasteiger partial charge on any atom is 1.00 e. The van der Waals surface area contributed by atoms with Crippen LogP contribution in [0.1, 0.15) is 11.1 Å². The Morgan fingerprint density at radius 1 is 0.949 bits per heavy atom. The van der Waals surface area contributed by atoms with E-state index in [0.29, 0.717) is 12.2 Å². The molecule has 4 aromatic carbocycles. The molecule has 0 amide bonds. The fourth-order valence-corrected chi connectivity index (χ4v) is 5.37. The van der Waals surface area contributed by atoms with Crippen molar-refractivity contribution < 1.29 is 39.1 Å². The summed E-state index contributed by atoms with van der Waals surface area (Å²) >= 11 is 1.73. The van der Waals surface area contributed by atoms with E-state index in [-0.39, 0.29) is 35.3 Å². The molecule has 0 bridgehead atoms. The Balaban J connectivity index is 0.00000308. The largest absolute Gasteiger partial charge is 1.00 e. The minimum Gasteiger partial charge on any atom is -0.489 e. The molecule has 0 N–H and O–H groups in total. The molecular weight excluding hydrogens is 511 g/mol. The van der Waals surface area contributed by atoms with Gasteiger partial charge in [0.2, 0.25) is 0 Å². The van der Waals surface area contributed by atoms with Crippen LogP contribution in [0.5, 0.6) is 5.75 Å². The van der Waals surface area contributed by atoms with Crippen molar-refractivity contribution in [2.24, 2.45) is 4.99 Å². The van der Waals surface area contributed by atoms with Gasteiger partial charge >= 0.3 is 29.6 Å². The zero-order valence-corrected chi connectivity index (χ0v) is 24.5. The fraction of sp³-hybridized carbons (Fsp3) is 0.0909. The van der Waals surface area contributed by atoms with Crippen LogP contribution in [-0.2, 0) is 11.4 Å². The average Bonchev–Trinajstić information content (AvgIpc) is 3.49. The zero-order valence-electron chi connectivity index (χ0n) is 21.7. The van der Waals surface area contributed by atoms with Crippen LogP contribution in [0.2, 0.25) is 0 Å². The number of thioether (sulfide) groups is 1. The normalized spacial score (nSPS) is 15.6. The first kappa shape index (κ1) is 27.2. The molecule has 1 aliphatic heterocycles. The molecule has 0 radical (unpaired) electrons. The smallest absolute Gasteiger partial charge is 0.489 e. The number of benzene rings is 4. The third-order valence-electron chi connectivity index (χ3n) is 6.38. The first-order valence-corrected chi connectivity index (χ1v) is 13.5. The second-order valence-electron chi connectivity index (χ2n) is 9.02. The third kappa shape index (κ3) is 6.45. The SMILES string of the molecule is O=C1C=CC(N(C2=NCCS2)c2cc[c-]cc2)=CC1=Cc1ccc2cc(OCc3ccccc3)ccc2c1.[Na+]. The predicted octanol–water partition coefficient (Wildman–Crippen LogP) is 4.24. The van der Waals surface area contributed by atoms with Crippen LogP contribution < -0.4 is 39.2 Å². The van der Waals surface area contributed by atoms with Gasteiger partial charge in [-0.3, -0.25) is 9.79 Å². The van der Waals surface area contributed by atoms with Gasteiger partial charge in [-0.25, -0.2) is 0 Å². The van der Waals surface area contributed by atoms with Gasteiger partial charge < -0.3 is 9.64 Å². The van der Waals surface area contributed by atoms with E-state index in [2.05, 4.69) is 47.4 Å². The molecule has 0 unspecified atom stereocenters. The number of carbonyl (C=O) groups is 1. The number of aliphatic imine (C=N–C) groups is 1. The zero-order chi connectivity index (χ0) is 25.7. The van der Waals surface area contributed by atoms with E-state index in [9.17, 15) is 4.79 Å². The maximum absolute atomic E-state index is 12.8. The molecule has 6 rings (SSSR count). The van der Waals surface area contributed by atoms with Crippen LogP contribution in [0, 0.1) is 6.07 Å². The Morgan fingerprint density at radius 3 is 2.54 bits per heavy atom. The molecule has 4 nitrogen and oxygen atoms in total. The number of hydrogen-bond donors (Lipinski definition) is 0. The van der Waals surface area contributed by atoms with Crippen LogP contribution >= 0.6 is 11.8 Å². The van der Waals surface area contributed by atoms with E-state index in [1.165, 1.54) is 0 Å². The summed E-state index contributed by atoms with van der Waals surface area (Å²) in [4.78, 5) is 19.7. The molecule has 6 heteroatoms. The first-order valence-electron chi connectivity index (χ1n) is 12.5. The van der Waals surface area contributed by atoms with E-state index in [1.807, 2.05) is 72.8 Å². The number of rotatable bonds is 6. The van der Waals surface area contributed by atoms with Crippen molar-refractivity contribution in [3.05, 3.63) is 138 Å². The van der Waals surface area contributed by atoms with Crippen molar-refractivity contribution in [1.82, 2.24) is 0 Å². The van der Waals surface area contributed by atoms with Gasteiger partial charge in [-0.05, 0) is 64.4 Å². The molecule has 1 aliphatic carbocycles. The number of ether oxygens (including phenoxy) is 1. The van der Waals surface area contributed by atoms with Crippen molar-refractivity contribution >= 4 is 45.2 Å². The number of nitrogens with zero attached hydrogens (tertiary/aromatic N) is 2. The molecule has 0 fully saturated rings. The van der Waals surface area contributed by atoms with E-state index < -0.39 is 0 Å². The van der Waals surface area contributed by atoms with Gasteiger partial charge in [-0.1, -0.05) is 66.0 Å². The number of hydrogen-bond acceptors (Lipinski definition) is 5. The van der Waals surface area contributed by atoms with E-state index in [1.54, 1.807) is 17.8 Å². The predicted molar refractivity (Wildman–Crippen MR) is 157 cm³/mol. The molecule has 186 valence electrons. The quantitative estimate of drug-likeness (QED) is 0.210. The summed E-state index contributed by atoms with van der Waals surface area (Å²) < 4.78 is 5.99. The van der Waals surface area contributed by atoms with Crippen molar-refractivity contribution in [1.29, 1.82) is 0 Å². The van der Waals surface area contributed by atoms with Crippen molar-refractivity contribution in [3.63, 3.8) is 0 Å². The van der Waals surface area contributed by atoms with Crippen molar-refractivity contribution in [2.75, 3.05) is 17.2 Å². The Bertz CT molecular complexity index is 1610. The summed E-state index contributed by atoms with van der Waals surface area (Å²) in [5.41, 5.74) is 4.66. The Hall–Kier alpha value is -3.35. The third-order valence-corrected chi connectivity index (χ3v) is 7.33. The molecule has 2 aliphatic rings. The van der Waals surface area contributed by atoms with Gasteiger partial charge in [0.25, 0.3) is 0 Å². The Labute approximate surface area is 255 Å². The topological polar surface area (TPSA) is 41.9 Å². The van der Waals surface area contributed by atoms with Crippen LogP contribution in [0.15, 0.2) is 125 Å². The minimum atomic E-state index is -0.0131. The minimum absolute atomic E-state index is 0. The van der Waals surface area contributed by atoms with E-state index in [0.717, 1.165) is 56.5 Å². The van der Waals surface area contributed by atoms with Gasteiger partial charge in [0.05, 0.1) is 6.54 Å². The summed E-state index contributed by atoms with van der Waals surface area (Å²) in [5, 5.41) is 3.12. The van der Waals surface area contributed by atoms with Gasteiger partial charge in [-0.2, -0.15) is 18.2 Å². The number of carbonyl (C=O) groups excluding carboxylic acids is 1. The first-order chi connectivity index (χ1) is 18.7. The maximum atomic E-state index is 12.8. The van der Waals surface area contributed by atoms with Crippen molar-refractivity contribution in [3.8, 4) is 5.75 Å². The molecule has 0 saturated heterocycles. The summed E-state index contributed by atoms with van der Waals surface area (Å²) in [6, 6.07) is 33.3. The second-order valence-corrected chi connectivity index (χ2v) is 10.1. The molecule has 39 heavy (non-hydrogen) atoms. The van der Waals surface area contributed by atoms with Gasteiger partial charge in [0.1, 0.15) is 12.4 Å².